The van der Waals surface area contributed by atoms with Crippen molar-refractivity contribution in [3.8, 4) is 22.3 Å². The van der Waals surface area contributed by atoms with Gasteiger partial charge in [-0.15, -0.1) is 0 Å². The molecule has 1 fully saturated rings. The van der Waals surface area contributed by atoms with Gasteiger partial charge in [0.2, 0.25) is 0 Å². The first-order valence-corrected chi connectivity index (χ1v) is 24.1. The van der Waals surface area contributed by atoms with E-state index in [-0.39, 0.29) is 5.41 Å². The fourth-order valence-electron chi connectivity index (χ4n) is 10.9. The zero-order valence-electron chi connectivity index (χ0n) is 38.8. The van der Waals surface area contributed by atoms with Crippen molar-refractivity contribution in [1.29, 1.82) is 0 Å². The molecule has 0 spiro atoms. The first-order valence-electron chi connectivity index (χ1n) is 24.1. The van der Waals surface area contributed by atoms with Crippen molar-refractivity contribution < 1.29 is 0 Å². The molecule has 0 unspecified atom stereocenters. The van der Waals surface area contributed by atoms with Gasteiger partial charge in [-0.3, -0.25) is 0 Å². The van der Waals surface area contributed by atoms with E-state index in [0.29, 0.717) is 5.92 Å². The van der Waals surface area contributed by atoms with E-state index in [1.807, 2.05) is 0 Å². The van der Waals surface area contributed by atoms with Crippen LogP contribution in [-0.2, 0) is 5.41 Å². The summed E-state index contributed by atoms with van der Waals surface area (Å²) in [7, 11) is 0. The Kier molecular flexibility index (Phi) is 11.3. The smallest absolute Gasteiger partial charge is 0.0503 e. The summed E-state index contributed by atoms with van der Waals surface area (Å²) in [6.07, 6.45) is 6.51. The van der Waals surface area contributed by atoms with Gasteiger partial charge in [-0.05, 0) is 167 Å². The lowest BCUT2D eigenvalue weighted by atomic mass is 9.81. The average molecular weight is 868 g/mol. The molecule has 0 radical (unpaired) electrons. The van der Waals surface area contributed by atoms with E-state index in [1.54, 1.807) is 0 Å². The summed E-state index contributed by atoms with van der Waals surface area (Å²) in [4.78, 5) is 7.21. The van der Waals surface area contributed by atoms with Crippen molar-refractivity contribution in [2.45, 2.75) is 64.2 Å². The lowest BCUT2D eigenvalue weighted by Crippen LogP contribution is -2.16. The molecule has 9 aromatic rings. The molecule has 0 heterocycles. The Morgan fingerprint density at radius 3 is 1.24 bits per heavy atom. The molecule has 2 aliphatic rings. The molecule has 0 N–H and O–H groups in total. The number of para-hydroxylation sites is 4. The molecule has 11 rings (SSSR count). The molecule has 328 valence electrons. The third-order valence-electron chi connectivity index (χ3n) is 14.3. The Bertz CT molecular complexity index is 2940. The molecule has 0 aromatic heterocycles. The van der Waals surface area contributed by atoms with Crippen LogP contribution in [0, 0.1) is 6.92 Å². The Morgan fingerprint density at radius 1 is 0.358 bits per heavy atom. The first-order chi connectivity index (χ1) is 32.9. The lowest BCUT2D eigenvalue weighted by molar-refractivity contribution is 0.443. The molecule has 9 aromatic carbocycles. The van der Waals surface area contributed by atoms with Gasteiger partial charge in [-0.2, -0.15) is 0 Å². The van der Waals surface area contributed by atoms with Crippen molar-refractivity contribution >= 4 is 51.2 Å². The second kappa shape index (κ2) is 18.0. The topological polar surface area (TPSA) is 9.72 Å². The number of hydrogen-bond acceptors (Lipinski definition) is 3. The van der Waals surface area contributed by atoms with Gasteiger partial charge in [-0.25, -0.2) is 0 Å². The minimum atomic E-state index is -0.0727. The highest BCUT2D eigenvalue weighted by Gasteiger charge is 2.36. The SMILES string of the molecule is Cc1cccc2c1-c1ccc(-c3ccc(N(c4ccc(C5CCCCC5)cc4)c4cc(N(c5ccccc5)c5ccccc5)cc(N(c5ccccc5)c5ccccc5)c4)cc3)cc1C2(C)C. The van der Waals surface area contributed by atoms with Crippen LogP contribution in [0.3, 0.4) is 0 Å². The van der Waals surface area contributed by atoms with Gasteiger partial charge >= 0.3 is 0 Å². The maximum absolute atomic E-state index is 2.45. The molecule has 0 saturated heterocycles. The van der Waals surface area contributed by atoms with Crippen molar-refractivity contribution in [3.63, 3.8) is 0 Å². The number of rotatable bonds is 11. The Hall–Kier alpha value is -7.62. The van der Waals surface area contributed by atoms with Crippen LogP contribution in [0.2, 0.25) is 0 Å². The van der Waals surface area contributed by atoms with E-state index in [0.717, 1.165) is 51.2 Å². The van der Waals surface area contributed by atoms with Crippen LogP contribution in [0.25, 0.3) is 22.3 Å². The molecular formula is C64H57N3. The number of benzene rings is 9. The third kappa shape index (κ3) is 8.10. The van der Waals surface area contributed by atoms with Gasteiger partial charge in [0.25, 0.3) is 0 Å². The average Bonchev–Trinajstić information content (AvgIpc) is 3.62. The predicted octanol–water partition coefficient (Wildman–Crippen LogP) is 18.4. The Morgan fingerprint density at radius 2 is 0.776 bits per heavy atom. The van der Waals surface area contributed by atoms with Gasteiger partial charge < -0.3 is 14.7 Å². The summed E-state index contributed by atoms with van der Waals surface area (Å²) in [5, 5.41) is 0. The second-order valence-electron chi connectivity index (χ2n) is 18.9. The van der Waals surface area contributed by atoms with Crippen LogP contribution in [0.1, 0.15) is 74.1 Å². The molecule has 0 amide bonds. The Balaban J connectivity index is 1.09. The van der Waals surface area contributed by atoms with Crippen LogP contribution >= 0.6 is 0 Å². The quantitative estimate of drug-likeness (QED) is 0.128. The minimum Gasteiger partial charge on any atom is -0.310 e. The lowest BCUT2D eigenvalue weighted by Gasteiger charge is -2.33. The first kappa shape index (κ1) is 42.0. The molecule has 0 aliphatic heterocycles. The summed E-state index contributed by atoms with van der Waals surface area (Å²) >= 11 is 0. The second-order valence-corrected chi connectivity index (χ2v) is 18.9. The normalized spacial score (nSPS) is 14.0. The van der Waals surface area contributed by atoms with Gasteiger partial charge in [0.15, 0.2) is 0 Å². The van der Waals surface area contributed by atoms with E-state index < -0.39 is 0 Å². The zero-order chi connectivity index (χ0) is 45.3. The van der Waals surface area contributed by atoms with Gasteiger partial charge in [0, 0.05) is 39.5 Å². The summed E-state index contributed by atoms with van der Waals surface area (Å²) in [5.74, 6) is 0.620. The molecule has 3 nitrogen and oxygen atoms in total. The van der Waals surface area contributed by atoms with E-state index in [2.05, 4.69) is 260 Å². The van der Waals surface area contributed by atoms with Crippen LogP contribution in [0.5, 0.6) is 0 Å². The molecule has 67 heavy (non-hydrogen) atoms. The number of hydrogen-bond donors (Lipinski definition) is 0. The fourth-order valence-corrected chi connectivity index (χ4v) is 10.9. The number of fused-ring (bicyclic) bond motifs is 3. The van der Waals surface area contributed by atoms with Crippen molar-refractivity contribution in [1.82, 2.24) is 0 Å². The monoisotopic (exact) mass is 867 g/mol. The standard InChI is InChI=1S/C64H57N3/c1-46-20-19-31-61-63(46)60-41-36-50(42-62(60)64(61,2)3)49-34-39-56(40-35-49)67(55-37-32-48(33-38-55)47-21-9-4-10-22-47)59-44-57(65(51-23-11-5-12-24-51)52-25-13-6-14-26-52)43-58(45-59)66(53-27-15-7-16-28-53)54-29-17-8-18-30-54/h5-8,11-20,23-45,47H,4,9-10,21-22H2,1-3H3. The van der Waals surface area contributed by atoms with Gasteiger partial charge in [0.05, 0.1) is 17.1 Å². The highest BCUT2D eigenvalue weighted by molar-refractivity contribution is 5.90. The summed E-state index contributed by atoms with van der Waals surface area (Å²) < 4.78 is 0. The number of anilines is 9. The number of nitrogens with zero attached hydrogens (tertiary/aromatic N) is 3. The van der Waals surface area contributed by atoms with E-state index in [1.165, 1.54) is 76.6 Å². The number of aryl methyl sites for hydroxylation is 1. The van der Waals surface area contributed by atoms with Crippen LogP contribution in [0.15, 0.2) is 224 Å². The summed E-state index contributed by atoms with van der Waals surface area (Å²) in [6.45, 7) is 6.99. The molecule has 1 saturated carbocycles. The van der Waals surface area contributed by atoms with E-state index in [4.69, 9.17) is 0 Å². The fraction of sp³-hybridized carbons (Fsp3) is 0.156. The highest BCUT2D eigenvalue weighted by Crippen LogP contribution is 2.51. The van der Waals surface area contributed by atoms with E-state index in [9.17, 15) is 0 Å². The molecule has 0 atom stereocenters. The maximum atomic E-state index is 2.45. The van der Waals surface area contributed by atoms with Crippen molar-refractivity contribution in [2.75, 3.05) is 14.7 Å². The third-order valence-corrected chi connectivity index (χ3v) is 14.3. The maximum Gasteiger partial charge on any atom is 0.0503 e. The minimum absolute atomic E-state index is 0.0727. The molecule has 3 heteroatoms. The highest BCUT2D eigenvalue weighted by atomic mass is 15.2. The van der Waals surface area contributed by atoms with Crippen LogP contribution < -0.4 is 14.7 Å². The molecular weight excluding hydrogens is 811 g/mol. The largest absolute Gasteiger partial charge is 0.310 e. The summed E-state index contributed by atoms with van der Waals surface area (Å²) in [6, 6.07) is 82.6. The Labute approximate surface area is 397 Å². The van der Waals surface area contributed by atoms with Crippen molar-refractivity contribution in [2.24, 2.45) is 0 Å². The van der Waals surface area contributed by atoms with Gasteiger partial charge in [0.1, 0.15) is 0 Å². The van der Waals surface area contributed by atoms with Crippen LogP contribution in [-0.4, -0.2) is 0 Å². The predicted molar refractivity (Wildman–Crippen MR) is 284 cm³/mol. The van der Waals surface area contributed by atoms with Gasteiger partial charge in [-0.1, -0.05) is 161 Å². The van der Waals surface area contributed by atoms with Crippen molar-refractivity contribution in [3.05, 3.63) is 247 Å². The zero-order valence-corrected chi connectivity index (χ0v) is 38.8. The van der Waals surface area contributed by atoms with Crippen LogP contribution in [0.4, 0.5) is 51.2 Å². The van der Waals surface area contributed by atoms with E-state index >= 15 is 0 Å². The molecule has 0 bridgehead atoms. The molecule has 2 aliphatic carbocycles. The summed E-state index contributed by atoms with van der Waals surface area (Å²) in [5.41, 5.74) is 20.5.